The van der Waals surface area contributed by atoms with Crippen LogP contribution in [0.5, 0.6) is 0 Å². The zero-order valence-electron chi connectivity index (χ0n) is 17.4. The van der Waals surface area contributed by atoms with Crippen LogP contribution in [0.1, 0.15) is 0 Å². The zero-order valence-corrected chi connectivity index (χ0v) is 18.4. The van der Waals surface area contributed by atoms with Crippen molar-refractivity contribution in [3.05, 3.63) is 0 Å². The maximum atomic E-state index is 12.0. The van der Waals surface area contributed by atoms with Crippen molar-refractivity contribution in [3.63, 3.8) is 0 Å². The molecule has 28 heavy (non-hydrogen) atoms. The number of fused-ring (bicyclic) bond motifs is 1. The Morgan fingerprint density at radius 3 is 2.61 bits per heavy atom. The maximum absolute atomic E-state index is 12.0. The van der Waals surface area contributed by atoms with E-state index >= 15 is 0 Å². The van der Waals surface area contributed by atoms with Crippen molar-refractivity contribution >= 4 is 20.0 Å². The second-order valence-corrected chi connectivity index (χ2v) is 13.9. The van der Waals surface area contributed by atoms with Gasteiger partial charge in [0.2, 0.25) is 5.91 Å². The second kappa shape index (κ2) is 11.2. The van der Waals surface area contributed by atoms with Crippen LogP contribution in [0.15, 0.2) is 0 Å². The second-order valence-electron chi connectivity index (χ2n) is 8.50. The van der Waals surface area contributed by atoms with Crippen LogP contribution in [-0.2, 0) is 23.8 Å². The predicted molar refractivity (Wildman–Crippen MR) is 109 cm³/mol. The molecule has 0 bridgehead atoms. The highest BCUT2D eigenvalue weighted by Gasteiger charge is 2.32. The fraction of sp³-hybridized carbons (Fsp3) is 0.889. The molecule has 162 valence electrons. The number of nitrogens with one attached hydrogen (secondary N) is 1. The van der Waals surface area contributed by atoms with E-state index in [0.717, 1.165) is 39.3 Å². The molecule has 3 heterocycles. The van der Waals surface area contributed by atoms with Crippen LogP contribution in [0.3, 0.4) is 0 Å². The first-order valence-corrected chi connectivity index (χ1v) is 13.8. The molecule has 3 aliphatic rings. The van der Waals surface area contributed by atoms with E-state index in [4.69, 9.17) is 19.9 Å². The van der Waals surface area contributed by atoms with Gasteiger partial charge in [-0.05, 0) is 0 Å². The third kappa shape index (κ3) is 7.41. The maximum Gasteiger partial charge on any atom is 0.325 e. The molecule has 3 saturated heterocycles. The van der Waals surface area contributed by atoms with E-state index in [1.54, 1.807) is 0 Å². The van der Waals surface area contributed by atoms with Crippen LogP contribution in [0, 0.1) is 0 Å². The van der Waals surface area contributed by atoms with E-state index in [1.165, 1.54) is 0 Å². The van der Waals surface area contributed by atoms with Crippen LogP contribution in [0.25, 0.3) is 0 Å². The number of piperazine rings is 1. The molecule has 1 amide bonds. The summed E-state index contributed by atoms with van der Waals surface area (Å²) in [7, 11) is -1.35. The van der Waals surface area contributed by atoms with Crippen molar-refractivity contribution in [1.82, 2.24) is 15.1 Å². The monoisotopic (exact) mass is 416 g/mol. The van der Waals surface area contributed by atoms with E-state index in [-0.39, 0.29) is 24.0 Å². The van der Waals surface area contributed by atoms with Gasteiger partial charge in [-0.2, -0.15) is 0 Å². The number of amides is 1. The fourth-order valence-corrected chi connectivity index (χ4v) is 3.84. The summed E-state index contributed by atoms with van der Waals surface area (Å²) in [4.78, 5) is 27.4. The summed E-state index contributed by atoms with van der Waals surface area (Å²) in [6.45, 7) is 13.6. The van der Waals surface area contributed by atoms with Crippen molar-refractivity contribution < 1.29 is 23.8 Å². The molecule has 0 aromatic carbocycles. The Hall–Kier alpha value is -1.04. The van der Waals surface area contributed by atoms with Gasteiger partial charge in [0.25, 0.3) is 0 Å². The highest BCUT2D eigenvalue weighted by molar-refractivity contribution is 6.76. The number of esters is 1. The average Bonchev–Trinajstić information content (AvgIpc) is 2.67. The Bertz CT molecular complexity index is 513. The van der Waals surface area contributed by atoms with Gasteiger partial charge in [0.1, 0.15) is 12.1 Å². The van der Waals surface area contributed by atoms with E-state index in [9.17, 15) is 9.59 Å². The van der Waals surface area contributed by atoms with E-state index in [2.05, 4.69) is 34.8 Å². The lowest BCUT2D eigenvalue weighted by Crippen LogP contribution is -2.59. The van der Waals surface area contributed by atoms with Gasteiger partial charge in [-0.1, -0.05) is 19.6 Å². The average molecular weight is 417 g/mol. The Labute approximate surface area is 168 Å². The number of carbonyl (C=O) groups excluding carboxylic acids is 2. The van der Waals surface area contributed by atoms with Gasteiger partial charge in [-0.15, -0.1) is 0 Å². The zero-order chi connectivity index (χ0) is 20.6. The normalized spacial score (nSPS) is 26.5. The van der Waals surface area contributed by atoms with Gasteiger partial charge in [0.15, 0.2) is 0 Å². The molecule has 3 rings (SSSR count). The van der Waals surface area contributed by atoms with Crippen molar-refractivity contribution in [2.24, 2.45) is 5.73 Å². The highest BCUT2D eigenvalue weighted by atomic mass is 28.3. The van der Waals surface area contributed by atoms with Crippen molar-refractivity contribution in [2.75, 3.05) is 71.9 Å². The minimum absolute atomic E-state index is 0.0162. The summed E-state index contributed by atoms with van der Waals surface area (Å²) in [6, 6.07) is -0.291. The third-order valence-corrected chi connectivity index (χ3v) is 5.83. The van der Waals surface area contributed by atoms with E-state index in [0.29, 0.717) is 32.6 Å². The molecular formula is C18H36N4O5Si. The number of morpholine rings is 2. The number of nitrogens with two attached hydrogens (primary N) is 1. The summed E-state index contributed by atoms with van der Waals surface area (Å²) >= 11 is 0. The summed E-state index contributed by atoms with van der Waals surface area (Å²) in [5.41, 5.74) is 5.54. The Balaban J connectivity index is 0.000000218. The first-order valence-electron chi connectivity index (χ1n) is 10.1. The van der Waals surface area contributed by atoms with Gasteiger partial charge >= 0.3 is 5.97 Å². The smallest absolute Gasteiger partial charge is 0.325 e. The van der Waals surface area contributed by atoms with Crippen LogP contribution in [-0.4, -0.2) is 114 Å². The van der Waals surface area contributed by atoms with Crippen molar-refractivity contribution in [2.45, 2.75) is 31.7 Å². The number of carbonyl (C=O) groups is 2. The molecule has 0 aromatic heterocycles. The van der Waals surface area contributed by atoms with Gasteiger partial charge in [-0.25, -0.2) is 0 Å². The van der Waals surface area contributed by atoms with Gasteiger partial charge < -0.3 is 25.3 Å². The largest absolute Gasteiger partial charge is 0.468 e. The van der Waals surface area contributed by atoms with Crippen LogP contribution >= 0.6 is 0 Å². The van der Waals surface area contributed by atoms with Crippen molar-refractivity contribution in [3.8, 4) is 0 Å². The lowest BCUT2D eigenvalue weighted by atomic mass is 10.1. The summed E-state index contributed by atoms with van der Waals surface area (Å²) < 4.78 is 15.9. The first kappa shape index (κ1) is 23.2. The SMILES string of the molecule is C[Si](C)(C)COC(=O)C1COCCN1CCN.O=C1NCCN2CCOCC12. The first-order chi connectivity index (χ1) is 13.3. The highest BCUT2D eigenvalue weighted by Crippen LogP contribution is 2.10. The standard InChI is InChI=1S/C11H24N2O3Si.C7H12N2O2/c1-17(2,3)9-16-11(14)10-8-15-7-6-13(10)5-4-12;10-7-6-5-11-4-3-9(6)2-1-8-7/h10H,4-9,12H2,1-3H3;6H,1-5H2,(H,8,10). The summed E-state index contributed by atoms with van der Waals surface area (Å²) in [6.07, 6.45) is 0.568. The van der Waals surface area contributed by atoms with Crippen LogP contribution in [0.4, 0.5) is 0 Å². The molecule has 10 heteroatoms. The van der Waals surface area contributed by atoms with Gasteiger partial charge in [-0.3, -0.25) is 19.4 Å². The molecule has 0 radical (unpaired) electrons. The number of ether oxygens (including phenoxy) is 3. The third-order valence-electron chi connectivity index (χ3n) is 4.82. The Morgan fingerprint density at radius 2 is 1.93 bits per heavy atom. The molecule has 3 N–H and O–H groups in total. The number of rotatable bonds is 5. The van der Waals surface area contributed by atoms with Gasteiger partial charge in [0.05, 0.1) is 40.7 Å². The molecule has 0 saturated carbocycles. The van der Waals surface area contributed by atoms with E-state index < -0.39 is 8.07 Å². The fourth-order valence-electron chi connectivity index (χ4n) is 3.26. The predicted octanol–water partition coefficient (Wildman–Crippen LogP) is -1.12. The number of hydrogen-bond acceptors (Lipinski definition) is 8. The lowest BCUT2D eigenvalue weighted by molar-refractivity contribution is -0.154. The molecule has 0 aromatic rings. The Morgan fingerprint density at radius 1 is 1.21 bits per heavy atom. The number of nitrogens with zero attached hydrogens (tertiary/aromatic N) is 2. The minimum Gasteiger partial charge on any atom is -0.468 e. The quantitative estimate of drug-likeness (QED) is 0.429. The van der Waals surface area contributed by atoms with Crippen molar-refractivity contribution in [1.29, 1.82) is 0 Å². The molecule has 0 spiro atoms. The number of hydrogen-bond donors (Lipinski definition) is 2. The lowest BCUT2D eigenvalue weighted by Gasteiger charge is -2.37. The summed E-state index contributed by atoms with van der Waals surface area (Å²) in [5.74, 6) is -0.0449. The topological polar surface area (TPSA) is 106 Å². The van der Waals surface area contributed by atoms with Gasteiger partial charge in [0, 0.05) is 39.3 Å². The molecule has 0 aliphatic carbocycles. The molecular weight excluding hydrogens is 380 g/mol. The van der Waals surface area contributed by atoms with Crippen LogP contribution < -0.4 is 11.1 Å². The minimum atomic E-state index is -1.35. The molecule has 3 fully saturated rings. The molecule has 3 aliphatic heterocycles. The Kier molecular flexibility index (Phi) is 9.31. The molecule has 2 atom stereocenters. The van der Waals surface area contributed by atoms with E-state index in [1.807, 2.05) is 0 Å². The summed E-state index contributed by atoms with van der Waals surface area (Å²) in [5, 5.41) is 2.82. The molecule has 9 nitrogen and oxygen atoms in total. The van der Waals surface area contributed by atoms with Crippen LogP contribution in [0.2, 0.25) is 19.6 Å². The molecule has 2 unspecified atom stereocenters.